The Hall–Kier alpha value is -2.08. The lowest BCUT2D eigenvalue weighted by Gasteiger charge is -2.17. The van der Waals surface area contributed by atoms with E-state index >= 15 is 0 Å². The Morgan fingerprint density at radius 1 is 1.20 bits per heavy atom. The number of hydrogen-bond donors (Lipinski definition) is 0. The molecule has 6 heteroatoms. The third kappa shape index (κ3) is 2.91. The minimum atomic E-state index is -0.424. The summed E-state index contributed by atoms with van der Waals surface area (Å²) in [4.78, 5) is 34.2. The SMILES string of the molecule is CCN(CC)CCn1cnc(=O)c2cccnc2c1=O. The maximum Gasteiger partial charge on any atom is 0.280 e. The molecule has 0 saturated heterocycles. The van der Waals surface area contributed by atoms with Crippen LogP contribution in [0.4, 0.5) is 0 Å². The molecular weight excluding hydrogens is 256 g/mol. The number of pyridine rings is 1. The second-order valence-corrected chi connectivity index (χ2v) is 4.47. The number of fused-ring (bicyclic) bond motifs is 1. The number of nitrogens with zero attached hydrogens (tertiary/aromatic N) is 4. The Balaban J connectivity index is 2.46. The van der Waals surface area contributed by atoms with E-state index in [2.05, 4.69) is 28.7 Å². The molecule has 6 nitrogen and oxygen atoms in total. The van der Waals surface area contributed by atoms with Crippen LogP contribution >= 0.6 is 0 Å². The van der Waals surface area contributed by atoms with Gasteiger partial charge < -0.3 is 4.90 Å². The lowest BCUT2D eigenvalue weighted by Crippen LogP contribution is -2.30. The van der Waals surface area contributed by atoms with Gasteiger partial charge in [-0.3, -0.25) is 19.1 Å². The number of rotatable bonds is 5. The van der Waals surface area contributed by atoms with Crippen molar-refractivity contribution in [1.29, 1.82) is 0 Å². The van der Waals surface area contributed by atoms with E-state index in [0.717, 1.165) is 19.6 Å². The summed E-state index contributed by atoms with van der Waals surface area (Å²) in [5.41, 5.74) is -0.524. The Morgan fingerprint density at radius 3 is 2.65 bits per heavy atom. The first-order valence-electron chi connectivity index (χ1n) is 6.74. The summed E-state index contributed by atoms with van der Waals surface area (Å²) in [7, 11) is 0. The highest BCUT2D eigenvalue weighted by Gasteiger charge is 2.06. The summed E-state index contributed by atoms with van der Waals surface area (Å²) >= 11 is 0. The number of likely N-dealkylation sites (N-methyl/N-ethyl adjacent to an activating group) is 1. The van der Waals surface area contributed by atoms with E-state index in [4.69, 9.17) is 0 Å². The molecule has 2 aromatic rings. The van der Waals surface area contributed by atoms with Crippen LogP contribution in [0.2, 0.25) is 0 Å². The van der Waals surface area contributed by atoms with Crippen molar-refractivity contribution in [2.45, 2.75) is 20.4 Å². The van der Waals surface area contributed by atoms with Crippen LogP contribution in [-0.2, 0) is 6.54 Å². The Kier molecular flexibility index (Phi) is 4.57. The van der Waals surface area contributed by atoms with Gasteiger partial charge in [-0.15, -0.1) is 0 Å². The molecule has 0 unspecified atom stereocenters. The van der Waals surface area contributed by atoms with Gasteiger partial charge in [0.1, 0.15) is 11.8 Å². The Bertz CT molecular complexity index is 707. The lowest BCUT2D eigenvalue weighted by atomic mass is 10.3. The summed E-state index contributed by atoms with van der Waals surface area (Å²) in [5, 5.41) is 0.263. The van der Waals surface area contributed by atoms with Gasteiger partial charge in [0.15, 0.2) is 0 Å². The first-order chi connectivity index (χ1) is 9.67. The average Bonchev–Trinajstić information content (AvgIpc) is 2.60. The molecule has 0 aliphatic carbocycles. The maximum atomic E-state index is 12.4. The molecule has 0 aliphatic heterocycles. The highest BCUT2D eigenvalue weighted by Crippen LogP contribution is 1.98. The predicted octanol–water partition coefficient (Wildman–Crippen LogP) is 0.493. The maximum absolute atomic E-state index is 12.4. The zero-order valence-corrected chi connectivity index (χ0v) is 11.7. The summed E-state index contributed by atoms with van der Waals surface area (Å²) in [6, 6.07) is 3.21. The van der Waals surface area contributed by atoms with Gasteiger partial charge in [0, 0.05) is 19.3 Å². The van der Waals surface area contributed by atoms with Crippen LogP contribution < -0.4 is 11.1 Å². The highest BCUT2D eigenvalue weighted by atomic mass is 16.1. The normalized spacial score (nSPS) is 11.2. The van der Waals surface area contributed by atoms with E-state index in [9.17, 15) is 9.59 Å². The smallest absolute Gasteiger partial charge is 0.280 e. The fraction of sp³-hybridized carbons (Fsp3) is 0.429. The molecule has 2 aromatic heterocycles. The van der Waals surface area contributed by atoms with Crippen LogP contribution in [0.5, 0.6) is 0 Å². The van der Waals surface area contributed by atoms with Crippen molar-refractivity contribution in [3.05, 3.63) is 45.4 Å². The lowest BCUT2D eigenvalue weighted by molar-refractivity contribution is 0.289. The van der Waals surface area contributed by atoms with E-state index in [0.29, 0.717) is 6.54 Å². The third-order valence-corrected chi connectivity index (χ3v) is 3.37. The zero-order valence-electron chi connectivity index (χ0n) is 11.7. The fourth-order valence-corrected chi connectivity index (χ4v) is 2.08. The third-order valence-electron chi connectivity index (χ3n) is 3.37. The molecule has 0 aliphatic rings. The van der Waals surface area contributed by atoms with Crippen LogP contribution in [0.15, 0.2) is 34.2 Å². The molecule has 0 bridgehead atoms. The van der Waals surface area contributed by atoms with Gasteiger partial charge in [0.05, 0.1) is 5.39 Å². The van der Waals surface area contributed by atoms with Crippen molar-refractivity contribution >= 4 is 10.9 Å². The quantitative estimate of drug-likeness (QED) is 0.794. The monoisotopic (exact) mass is 274 g/mol. The van der Waals surface area contributed by atoms with Crippen molar-refractivity contribution in [2.75, 3.05) is 19.6 Å². The van der Waals surface area contributed by atoms with Crippen LogP contribution in [0.3, 0.4) is 0 Å². The molecule has 0 fully saturated rings. The van der Waals surface area contributed by atoms with Gasteiger partial charge in [-0.1, -0.05) is 13.8 Å². The van der Waals surface area contributed by atoms with E-state index in [1.807, 2.05) is 0 Å². The average molecular weight is 274 g/mol. The highest BCUT2D eigenvalue weighted by molar-refractivity contribution is 5.75. The van der Waals surface area contributed by atoms with E-state index in [-0.39, 0.29) is 16.5 Å². The molecule has 0 radical (unpaired) electrons. The molecule has 106 valence electrons. The molecule has 0 spiro atoms. The van der Waals surface area contributed by atoms with Crippen LogP contribution in [0, 0.1) is 0 Å². The van der Waals surface area contributed by atoms with Crippen LogP contribution in [0.1, 0.15) is 13.8 Å². The fourth-order valence-electron chi connectivity index (χ4n) is 2.08. The van der Waals surface area contributed by atoms with Gasteiger partial charge in [0.25, 0.3) is 11.1 Å². The van der Waals surface area contributed by atoms with Gasteiger partial charge in [-0.25, -0.2) is 0 Å². The summed E-state index contributed by atoms with van der Waals surface area (Å²) in [5.74, 6) is 0. The molecule has 0 N–H and O–H groups in total. The van der Waals surface area contributed by atoms with Crippen LogP contribution in [-0.4, -0.2) is 39.1 Å². The molecule has 0 atom stereocenters. The second kappa shape index (κ2) is 6.38. The van der Waals surface area contributed by atoms with Crippen molar-refractivity contribution in [3.63, 3.8) is 0 Å². The molecular formula is C14H18N4O2. The van der Waals surface area contributed by atoms with Crippen molar-refractivity contribution in [2.24, 2.45) is 0 Å². The van der Waals surface area contributed by atoms with Gasteiger partial charge in [-0.2, -0.15) is 4.98 Å². The standard InChI is InChI=1S/C14H18N4O2/c1-3-17(4-2)8-9-18-10-16-13(19)11-6-5-7-15-12(11)14(18)20/h5-7,10H,3-4,8-9H2,1-2H3. The first-order valence-corrected chi connectivity index (χ1v) is 6.74. The van der Waals surface area contributed by atoms with Gasteiger partial charge in [-0.05, 0) is 25.2 Å². The largest absolute Gasteiger partial charge is 0.302 e. The molecule has 20 heavy (non-hydrogen) atoms. The van der Waals surface area contributed by atoms with E-state index < -0.39 is 5.56 Å². The Morgan fingerprint density at radius 2 is 1.95 bits per heavy atom. The van der Waals surface area contributed by atoms with Crippen molar-refractivity contribution < 1.29 is 0 Å². The number of aromatic nitrogens is 3. The Labute approximate surface area is 116 Å². The molecule has 0 amide bonds. The van der Waals surface area contributed by atoms with E-state index in [1.54, 1.807) is 12.1 Å². The minimum Gasteiger partial charge on any atom is -0.302 e. The molecule has 2 rings (SSSR count). The first kappa shape index (κ1) is 14.3. The van der Waals surface area contributed by atoms with Gasteiger partial charge in [0.2, 0.25) is 0 Å². The van der Waals surface area contributed by atoms with Crippen molar-refractivity contribution in [3.8, 4) is 0 Å². The summed E-state index contributed by atoms with van der Waals surface area (Å²) in [6.45, 7) is 7.21. The van der Waals surface area contributed by atoms with Crippen LogP contribution in [0.25, 0.3) is 10.9 Å². The molecule has 0 saturated carbocycles. The molecule has 2 heterocycles. The second-order valence-electron chi connectivity index (χ2n) is 4.47. The predicted molar refractivity (Wildman–Crippen MR) is 77.9 cm³/mol. The summed E-state index contributed by atoms with van der Waals surface area (Å²) in [6.07, 6.45) is 2.83. The molecule has 0 aromatic carbocycles. The topological polar surface area (TPSA) is 68.1 Å². The zero-order chi connectivity index (χ0) is 14.5. The van der Waals surface area contributed by atoms with Crippen molar-refractivity contribution in [1.82, 2.24) is 19.4 Å². The van der Waals surface area contributed by atoms with Gasteiger partial charge >= 0.3 is 0 Å². The number of hydrogen-bond acceptors (Lipinski definition) is 5. The minimum absolute atomic E-state index is 0.176. The van der Waals surface area contributed by atoms with E-state index in [1.165, 1.54) is 17.1 Å². The summed E-state index contributed by atoms with van der Waals surface area (Å²) < 4.78 is 1.45.